The zero-order valence-electron chi connectivity index (χ0n) is 17.9. The third kappa shape index (κ3) is 3.68. The first-order chi connectivity index (χ1) is 13.4. The van der Waals surface area contributed by atoms with Gasteiger partial charge in [-0.3, -0.25) is 4.79 Å². The van der Waals surface area contributed by atoms with Crippen LogP contribution in [-0.4, -0.2) is 36.4 Å². The van der Waals surface area contributed by atoms with Crippen molar-refractivity contribution in [3.05, 3.63) is 11.6 Å². The Morgan fingerprint density at radius 3 is 2.72 bits per heavy atom. The second kappa shape index (κ2) is 8.68. The van der Waals surface area contributed by atoms with Crippen LogP contribution in [0.2, 0.25) is 0 Å². The van der Waals surface area contributed by atoms with E-state index in [9.17, 15) is 9.90 Å². The number of aliphatic hydroxyl groups is 1. The Morgan fingerprint density at radius 1 is 1.21 bits per heavy atom. The van der Waals surface area contributed by atoms with Gasteiger partial charge in [0.05, 0.1) is 12.3 Å². The number of hydrogen-bond donors (Lipinski definition) is 2. The van der Waals surface area contributed by atoms with E-state index in [1.807, 2.05) is 6.08 Å². The summed E-state index contributed by atoms with van der Waals surface area (Å²) >= 11 is 0. The molecule has 4 saturated carbocycles. The van der Waals surface area contributed by atoms with Crippen molar-refractivity contribution < 1.29 is 14.7 Å². The Balaban J connectivity index is 0.00000240. The summed E-state index contributed by atoms with van der Waals surface area (Å²) in [5.41, 5.74) is 8.16. The number of fused-ring (bicyclic) bond motifs is 5. The molecule has 0 amide bonds. The molecule has 0 saturated heterocycles. The lowest BCUT2D eigenvalue weighted by molar-refractivity contribution is -0.134. The molecule has 0 spiro atoms. The van der Waals surface area contributed by atoms with Crippen LogP contribution in [0.15, 0.2) is 16.8 Å². The number of nitrogens with two attached hydrogens (primary N) is 1. The van der Waals surface area contributed by atoms with Crippen LogP contribution in [0, 0.1) is 34.5 Å². The van der Waals surface area contributed by atoms with Crippen LogP contribution in [-0.2, 0) is 9.63 Å². The van der Waals surface area contributed by atoms with Gasteiger partial charge in [-0.2, -0.15) is 0 Å². The molecule has 0 aromatic carbocycles. The number of carbonyl (C=O) groups excluding carboxylic acids is 1. The highest BCUT2D eigenvalue weighted by molar-refractivity contribution is 5.87. The van der Waals surface area contributed by atoms with Crippen molar-refractivity contribution in [1.82, 2.24) is 0 Å². The summed E-state index contributed by atoms with van der Waals surface area (Å²) < 4.78 is 0. The molecule has 0 bridgehead atoms. The summed E-state index contributed by atoms with van der Waals surface area (Å²) in [7, 11) is 0. The molecule has 4 rings (SSSR count). The van der Waals surface area contributed by atoms with Gasteiger partial charge in [0.15, 0.2) is 0 Å². The highest BCUT2D eigenvalue weighted by Crippen LogP contribution is 2.66. The zero-order chi connectivity index (χ0) is 19.9. The van der Waals surface area contributed by atoms with Gasteiger partial charge in [-0.15, -0.1) is 12.4 Å². The van der Waals surface area contributed by atoms with Crippen LogP contribution in [0.25, 0.3) is 0 Å². The van der Waals surface area contributed by atoms with E-state index in [1.54, 1.807) is 0 Å². The summed E-state index contributed by atoms with van der Waals surface area (Å²) in [5.74, 6) is 2.68. The molecule has 0 aromatic heterocycles. The summed E-state index contributed by atoms with van der Waals surface area (Å²) in [6.45, 7) is 5.74. The van der Waals surface area contributed by atoms with Crippen molar-refractivity contribution >= 4 is 23.9 Å². The molecular formula is C23H37ClN2O3. The van der Waals surface area contributed by atoms with Crippen molar-refractivity contribution in [1.29, 1.82) is 0 Å². The van der Waals surface area contributed by atoms with E-state index < -0.39 is 0 Å². The van der Waals surface area contributed by atoms with Gasteiger partial charge in [0.2, 0.25) is 0 Å². The number of aliphatic hydroxyl groups excluding tert-OH is 1. The van der Waals surface area contributed by atoms with E-state index in [4.69, 9.17) is 10.6 Å². The maximum absolute atomic E-state index is 12.6. The molecular weight excluding hydrogens is 388 g/mol. The fraction of sp³-hybridized carbons (Fsp3) is 0.826. The maximum Gasteiger partial charge on any atom is 0.139 e. The molecule has 0 heterocycles. The highest BCUT2D eigenvalue weighted by atomic mass is 35.5. The minimum atomic E-state index is -0.105. The quantitative estimate of drug-likeness (QED) is 0.407. The van der Waals surface area contributed by atoms with Crippen molar-refractivity contribution in [2.24, 2.45) is 45.4 Å². The minimum absolute atomic E-state index is 0. The minimum Gasteiger partial charge on any atom is -0.395 e. The number of hydrogen-bond acceptors (Lipinski definition) is 5. The smallest absolute Gasteiger partial charge is 0.139 e. The van der Waals surface area contributed by atoms with Gasteiger partial charge in [0.1, 0.15) is 12.4 Å². The molecule has 0 unspecified atom stereocenters. The first-order valence-corrected chi connectivity index (χ1v) is 11.1. The van der Waals surface area contributed by atoms with Crippen molar-refractivity contribution in [3.63, 3.8) is 0 Å². The molecule has 6 heteroatoms. The molecule has 164 valence electrons. The molecule has 4 fully saturated rings. The topological polar surface area (TPSA) is 84.9 Å². The van der Waals surface area contributed by atoms with Gasteiger partial charge in [0.25, 0.3) is 0 Å². The Morgan fingerprint density at radius 2 is 2.00 bits per heavy atom. The van der Waals surface area contributed by atoms with Crippen LogP contribution in [0.4, 0.5) is 0 Å². The molecule has 29 heavy (non-hydrogen) atoms. The van der Waals surface area contributed by atoms with Gasteiger partial charge >= 0.3 is 0 Å². The Kier molecular flexibility index (Phi) is 6.82. The summed E-state index contributed by atoms with van der Waals surface area (Å²) in [6, 6.07) is 0. The lowest BCUT2D eigenvalue weighted by Crippen LogP contribution is -2.54. The number of oxime groups is 1. The number of Topliss-reactive ketones (excluding diaryl/α,β-unsaturated/α-hetero) is 1. The van der Waals surface area contributed by atoms with Crippen molar-refractivity contribution in [3.8, 4) is 0 Å². The molecule has 0 aliphatic heterocycles. The summed E-state index contributed by atoms with van der Waals surface area (Å²) in [5, 5.41) is 14.1. The van der Waals surface area contributed by atoms with E-state index in [-0.39, 0.29) is 29.8 Å². The van der Waals surface area contributed by atoms with Crippen molar-refractivity contribution in [2.75, 3.05) is 19.8 Å². The monoisotopic (exact) mass is 424 g/mol. The van der Waals surface area contributed by atoms with Crippen LogP contribution in [0.3, 0.4) is 0 Å². The third-order valence-electron chi connectivity index (χ3n) is 8.86. The Bertz CT molecular complexity index is 694. The molecule has 4 aliphatic carbocycles. The molecule has 3 N–H and O–H groups in total. The Hall–Kier alpha value is -0.910. The number of carbonyl (C=O) groups is 1. The van der Waals surface area contributed by atoms with E-state index >= 15 is 0 Å². The van der Waals surface area contributed by atoms with Gasteiger partial charge in [-0.25, -0.2) is 0 Å². The number of allylic oxidation sites excluding steroid dienone is 1. The van der Waals surface area contributed by atoms with Crippen molar-refractivity contribution in [2.45, 2.75) is 65.2 Å². The van der Waals surface area contributed by atoms with E-state index in [1.165, 1.54) is 12.0 Å². The van der Waals surface area contributed by atoms with Crippen LogP contribution in [0.5, 0.6) is 0 Å². The standard InChI is InChI=1S/C23H36N2O3.ClH/c1-22-8-5-16(25-28-12-10-24)14-20(22)15(7-11-26)13-17-18-3-4-21(27)23(18,2)9-6-19(17)22;/h7,17-20,26H,3-6,8-14,24H2,1-2H3;1H/b15-7+,25-16+;/t17-,18-,19-,20+,22+,23-;/m0./s1. The molecule has 6 atom stereocenters. The Labute approximate surface area is 180 Å². The second-order valence-electron chi connectivity index (χ2n) is 10.0. The van der Waals surface area contributed by atoms with Crippen LogP contribution >= 0.6 is 12.4 Å². The first kappa shape index (κ1) is 22.8. The fourth-order valence-corrected chi connectivity index (χ4v) is 7.35. The predicted octanol–water partition coefficient (Wildman–Crippen LogP) is 3.88. The predicted molar refractivity (Wildman–Crippen MR) is 117 cm³/mol. The number of ketones is 1. The van der Waals surface area contributed by atoms with Gasteiger partial charge in [-0.05, 0) is 74.0 Å². The number of rotatable bonds is 4. The summed E-state index contributed by atoms with van der Waals surface area (Å²) in [6.07, 6.45) is 10.1. The SMILES string of the molecule is C[C@]12CC/C(=N\OCCN)C[C@@H]1/C(=C/CO)C[C@@H]1[C@@H]2CC[C@]2(C)C(=O)CC[C@@H]12.Cl. The van der Waals surface area contributed by atoms with Gasteiger partial charge < -0.3 is 15.7 Å². The lowest BCUT2D eigenvalue weighted by Gasteiger charge is -2.60. The average molecular weight is 425 g/mol. The second-order valence-corrected chi connectivity index (χ2v) is 10.0. The molecule has 0 radical (unpaired) electrons. The fourth-order valence-electron chi connectivity index (χ4n) is 7.35. The van der Waals surface area contributed by atoms with Crippen LogP contribution in [0.1, 0.15) is 65.2 Å². The lowest BCUT2D eigenvalue weighted by atomic mass is 9.44. The van der Waals surface area contributed by atoms with Crippen LogP contribution < -0.4 is 5.73 Å². The molecule has 0 aromatic rings. The summed E-state index contributed by atoms with van der Waals surface area (Å²) in [4.78, 5) is 18.0. The average Bonchev–Trinajstić information content (AvgIpc) is 2.98. The van der Waals surface area contributed by atoms with Gasteiger partial charge in [0, 0.05) is 18.4 Å². The number of nitrogens with zero attached hydrogens (tertiary/aromatic N) is 1. The van der Waals surface area contributed by atoms with E-state index in [2.05, 4.69) is 19.0 Å². The zero-order valence-corrected chi connectivity index (χ0v) is 18.7. The normalized spacial score (nSPS) is 44.1. The molecule has 5 nitrogen and oxygen atoms in total. The first-order valence-electron chi connectivity index (χ1n) is 11.1. The number of halogens is 1. The molecule has 4 aliphatic rings. The maximum atomic E-state index is 12.6. The third-order valence-corrected chi connectivity index (χ3v) is 8.86. The highest BCUT2D eigenvalue weighted by Gasteiger charge is 2.61. The van der Waals surface area contributed by atoms with Gasteiger partial charge in [-0.1, -0.05) is 30.7 Å². The largest absolute Gasteiger partial charge is 0.395 e. The van der Waals surface area contributed by atoms with E-state index in [0.29, 0.717) is 42.6 Å². The van der Waals surface area contributed by atoms with E-state index in [0.717, 1.165) is 50.7 Å².